The molecule has 0 atom stereocenters. The van der Waals surface area contributed by atoms with E-state index < -0.39 is 23.7 Å². The van der Waals surface area contributed by atoms with Gasteiger partial charge in [0.05, 0.1) is 17.8 Å². The number of hydrogen-bond donors (Lipinski definition) is 1. The van der Waals surface area contributed by atoms with E-state index in [4.69, 9.17) is 0 Å². The molecule has 0 amide bonds. The molecule has 3 nitrogen and oxygen atoms in total. The van der Waals surface area contributed by atoms with E-state index in [1.54, 1.807) is 6.92 Å². The highest BCUT2D eigenvalue weighted by molar-refractivity contribution is 5.54. The van der Waals surface area contributed by atoms with Gasteiger partial charge in [-0.2, -0.15) is 26.3 Å². The number of benzene rings is 1. The lowest BCUT2D eigenvalue weighted by Crippen LogP contribution is -2.16. The van der Waals surface area contributed by atoms with Crippen molar-refractivity contribution < 1.29 is 26.3 Å². The summed E-state index contributed by atoms with van der Waals surface area (Å²) >= 11 is 0. The molecule has 2 aromatic rings. The molecule has 24 heavy (non-hydrogen) atoms. The number of halogens is 6. The molecule has 0 aliphatic carbocycles. The number of rotatable bonds is 3. The molecule has 0 spiro atoms. The summed E-state index contributed by atoms with van der Waals surface area (Å²) in [4.78, 5) is 6.64. The van der Waals surface area contributed by atoms with Gasteiger partial charge in [-0.25, -0.2) is 9.97 Å². The summed E-state index contributed by atoms with van der Waals surface area (Å²) in [5.41, 5.74) is -0.499. The van der Waals surface area contributed by atoms with Crippen molar-refractivity contribution in [3.8, 4) is 0 Å². The van der Waals surface area contributed by atoms with E-state index in [-0.39, 0.29) is 23.6 Å². The number of nitrogens with one attached hydrogen (secondary N) is 1. The molecule has 0 saturated heterocycles. The van der Waals surface area contributed by atoms with Crippen LogP contribution in [0.1, 0.15) is 28.3 Å². The normalized spacial score (nSPS) is 12.3. The van der Waals surface area contributed by atoms with Crippen LogP contribution < -0.4 is 5.32 Å². The minimum atomic E-state index is -4.72. The Morgan fingerprint density at radius 2 is 1.58 bits per heavy atom. The Morgan fingerprint density at radius 3 is 2.17 bits per heavy atom. The smallest absolute Gasteiger partial charge is 0.379 e. The molecule has 0 bridgehead atoms. The Bertz CT molecular complexity index is 737. The largest absolute Gasteiger partial charge is 0.451 e. The Kier molecular flexibility index (Phi) is 4.73. The van der Waals surface area contributed by atoms with Gasteiger partial charge >= 0.3 is 12.4 Å². The monoisotopic (exact) mass is 349 g/mol. The van der Waals surface area contributed by atoms with Crippen LogP contribution in [0.5, 0.6) is 0 Å². The molecule has 0 aliphatic rings. The van der Waals surface area contributed by atoms with Gasteiger partial charge in [0.25, 0.3) is 0 Å². The number of anilines is 1. The first-order chi connectivity index (χ1) is 11.0. The van der Waals surface area contributed by atoms with E-state index in [0.29, 0.717) is 5.56 Å². The van der Waals surface area contributed by atoms with Gasteiger partial charge in [-0.3, -0.25) is 0 Å². The second-order valence-corrected chi connectivity index (χ2v) is 5.22. The maximum Gasteiger partial charge on any atom is 0.451 e. The van der Waals surface area contributed by atoms with Gasteiger partial charge in [-0.1, -0.05) is 6.07 Å². The summed E-state index contributed by atoms with van der Waals surface area (Å²) in [6, 6.07) is 4.79. The molecule has 2 rings (SSSR count). The first kappa shape index (κ1) is 18.0. The standard InChI is InChI=1S/C15H13F6N3/c1-8-3-4-11(14(16,17)18)12(5-8)22-7-10-6-9(2)23-13(24-10)15(19,20)21/h3-6,22H,7H2,1-2H3. The second kappa shape index (κ2) is 6.29. The highest BCUT2D eigenvalue weighted by Gasteiger charge is 2.35. The summed E-state index contributed by atoms with van der Waals surface area (Å²) in [6.07, 6.45) is -9.30. The topological polar surface area (TPSA) is 37.8 Å². The number of hydrogen-bond acceptors (Lipinski definition) is 3. The van der Waals surface area contributed by atoms with Crippen molar-refractivity contribution in [1.82, 2.24) is 9.97 Å². The van der Waals surface area contributed by atoms with Crippen molar-refractivity contribution >= 4 is 5.69 Å². The molecule has 1 aromatic heterocycles. The van der Waals surface area contributed by atoms with E-state index in [2.05, 4.69) is 15.3 Å². The van der Waals surface area contributed by atoms with E-state index >= 15 is 0 Å². The van der Waals surface area contributed by atoms with E-state index in [9.17, 15) is 26.3 Å². The zero-order valence-electron chi connectivity index (χ0n) is 12.7. The lowest BCUT2D eigenvalue weighted by atomic mass is 10.1. The van der Waals surface area contributed by atoms with Crippen molar-refractivity contribution in [2.75, 3.05) is 5.32 Å². The highest BCUT2D eigenvalue weighted by Crippen LogP contribution is 2.35. The molecular weight excluding hydrogens is 336 g/mol. The van der Waals surface area contributed by atoms with Gasteiger partial charge in [0, 0.05) is 11.4 Å². The third-order valence-corrected chi connectivity index (χ3v) is 3.10. The van der Waals surface area contributed by atoms with Gasteiger partial charge in [0.15, 0.2) is 0 Å². The average Bonchev–Trinajstić information content (AvgIpc) is 2.42. The van der Waals surface area contributed by atoms with Crippen molar-refractivity contribution in [3.05, 3.63) is 52.6 Å². The first-order valence-corrected chi connectivity index (χ1v) is 6.80. The molecule has 130 valence electrons. The predicted octanol–water partition coefficient (Wildman–Crippen LogP) is 4.74. The Hall–Kier alpha value is -2.32. The Morgan fingerprint density at radius 1 is 0.917 bits per heavy atom. The summed E-state index contributed by atoms with van der Waals surface area (Å²) in [7, 11) is 0. The molecule has 9 heteroatoms. The zero-order chi connectivity index (χ0) is 18.1. The van der Waals surface area contributed by atoms with Crippen molar-refractivity contribution in [3.63, 3.8) is 0 Å². The van der Waals surface area contributed by atoms with Gasteiger partial charge < -0.3 is 5.32 Å². The molecule has 0 radical (unpaired) electrons. The van der Waals surface area contributed by atoms with Gasteiger partial charge in [0.1, 0.15) is 0 Å². The summed E-state index contributed by atoms with van der Waals surface area (Å²) in [5.74, 6) is -1.32. The van der Waals surface area contributed by atoms with E-state index in [1.807, 2.05) is 0 Å². The summed E-state index contributed by atoms with van der Waals surface area (Å²) in [5, 5.41) is 2.51. The van der Waals surface area contributed by atoms with Crippen LogP contribution in [0, 0.1) is 13.8 Å². The second-order valence-electron chi connectivity index (χ2n) is 5.22. The molecule has 0 unspecified atom stereocenters. The molecule has 1 aromatic carbocycles. The molecule has 0 aliphatic heterocycles. The van der Waals surface area contributed by atoms with E-state index in [1.165, 1.54) is 25.1 Å². The number of alkyl halides is 6. The highest BCUT2D eigenvalue weighted by atomic mass is 19.4. The van der Waals surface area contributed by atoms with Crippen LogP contribution in [0.25, 0.3) is 0 Å². The first-order valence-electron chi connectivity index (χ1n) is 6.80. The Labute approximate surface area is 133 Å². The van der Waals surface area contributed by atoms with Crippen LogP contribution in [0.2, 0.25) is 0 Å². The SMILES string of the molecule is Cc1ccc(C(F)(F)F)c(NCc2cc(C)nc(C(F)(F)F)n2)c1. The maximum absolute atomic E-state index is 13.0. The quantitative estimate of drug-likeness (QED) is 0.813. The number of aromatic nitrogens is 2. The van der Waals surface area contributed by atoms with E-state index in [0.717, 1.165) is 6.07 Å². The van der Waals surface area contributed by atoms with Crippen LogP contribution >= 0.6 is 0 Å². The molecular formula is C15H13F6N3. The lowest BCUT2D eigenvalue weighted by molar-refractivity contribution is -0.145. The third kappa shape index (κ3) is 4.36. The zero-order valence-corrected chi connectivity index (χ0v) is 12.7. The average molecular weight is 349 g/mol. The number of aryl methyl sites for hydroxylation is 2. The fourth-order valence-electron chi connectivity index (χ4n) is 2.09. The van der Waals surface area contributed by atoms with Gasteiger partial charge in [-0.05, 0) is 37.6 Å². The summed E-state index contributed by atoms with van der Waals surface area (Å²) in [6.45, 7) is 2.68. The Balaban J connectivity index is 2.29. The fourth-order valence-corrected chi connectivity index (χ4v) is 2.09. The molecule has 0 fully saturated rings. The minimum absolute atomic E-state index is 0.0514. The van der Waals surface area contributed by atoms with Crippen LogP contribution in [0.4, 0.5) is 32.0 Å². The van der Waals surface area contributed by atoms with Crippen LogP contribution in [0.15, 0.2) is 24.3 Å². The number of nitrogens with zero attached hydrogens (tertiary/aromatic N) is 2. The van der Waals surface area contributed by atoms with Crippen LogP contribution in [0.3, 0.4) is 0 Å². The molecule has 1 heterocycles. The van der Waals surface area contributed by atoms with Crippen LogP contribution in [-0.2, 0) is 18.9 Å². The maximum atomic E-state index is 13.0. The third-order valence-electron chi connectivity index (χ3n) is 3.10. The van der Waals surface area contributed by atoms with Crippen molar-refractivity contribution in [2.45, 2.75) is 32.7 Å². The van der Waals surface area contributed by atoms with Gasteiger partial charge in [0.2, 0.25) is 5.82 Å². The molecule has 1 N–H and O–H groups in total. The van der Waals surface area contributed by atoms with Crippen LogP contribution in [-0.4, -0.2) is 9.97 Å². The van der Waals surface area contributed by atoms with Crippen molar-refractivity contribution in [1.29, 1.82) is 0 Å². The predicted molar refractivity (Wildman–Crippen MR) is 75.3 cm³/mol. The minimum Gasteiger partial charge on any atom is -0.379 e. The van der Waals surface area contributed by atoms with Crippen molar-refractivity contribution in [2.24, 2.45) is 0 Å². The summed E-state index contributed by atoms with van der Waals surface area (Å²) < 4.78 is 77.0. The van der Waals surface area contributed by atoms with Gasteiger partial charge in [-0.15, -0.1) is 0 Å². The molecule has 0 saturated carbocycles. The fraction of sp³-hybridized carbons (Fsp3) is 0.333. The lowest BCUT2D eigenvalue weighted by Gasteiger charge is -2.15.